The van der Waals surface area contributed by atoms with E-state index in [9.17, 15) is 4.39 Å². The molecule has 0 bridgehead atoms. The highest BCUT2D eigenvalue weighted by Gasteiger charge is 1.98. The number of hydrogen-bond donors (Lipinski definition) is 0. The third-order valence-electron chi connectivity index (χ3n) is 1.47. The summed E-state index contributed by atoms with van der Waals surface area (Å²) in [7, 11) is 0. The zero-order chi connectivity index (χ0) is 8.55. The maximum absolute atomic E-state index is 12.5. The van der Waals surface area contributed by atoms with Gasteiger partial charge in [-0.15, -0.1) is 0 Å². The van der Waals surface area contributed by atoms with Crippen molar-refractivity contribution in [3.63, 3.8) is 0 Å². The maximum atomic E-state index is 12.5. The zero-order valence-electron chi connectivity index (χ0n) is 5.96. The molecule has 0 unspecified atom stereocenters. The standard InChI is InChI=1S/C8H4ClFN2/c9-5-1-2-6-7(3-5)11-4-8(10)12-6/h1-4H. The number of hydrogen-bond acceptors (Lipinski definition) is 2. The van der Waals surface area contributed by atoms with Crippen LogP contribution in [0.1, 0.15) is 0 Å². The van der Waals surface area contributed by atoms with Crippen molar-refractivity contribution in [2.75, 3.05) is 0 Å². The Kier molecular flexibility index (Phi) is 1.66. The van der Waals surface area contributed by atoms with E-state index in [-0.39, 0.29) is 0 Å². The third-order valence-corrected chi connectivity index (χ3v) is 1.71. The third kappa shape index (κ3) is 1.23. The minimum Gasteiger partial charge on any atom is -0.250 e. The highest BCUT2D eigenvalue weighted by Crippen LogP contribution is 2.15. The average Bonchev–Trinajstić information content (AvgIpc) is 2.05. The van der Waals surface area contributed by atoms with Crippen LogP contribution in [0.25, 0.3) is 11.0 Å². The molecule has 1 aromatic heterocycles. The lowest BCUT2D eigenvalue weighted by Gasteiger charge is -1.95. The number of aromatic nitrogens is 2. The molecule has 0 amide bonds. The fourth-order valence-corrected chi connectivity index (χ4v) is 1.13. The Hall–Kier alpha value is -1.22. The van der Waals surface area contributed by atoms with E-state index in [1.165, 1.54) is 0 Å². The molecule has 2 nitrogen and oxygen atoms in total. The van der Waals surface area contributed by atoms with Crippen molar-refractivity contribution in [2.24, 2.45) is 0 Å². The normalized spacial score (nSPS) is 10.5. The average molecular weight is 183 g/mol. The van der Waals surface area contributed by atoms with Crippen LogP contribution in [0.3, 0.4) is 0 Å². The van der Waals surface area contributed by atoms with Gasteiger partial charge in [-0.1, -0.05) is 11.6 Å². The van der Waals surface area contributed by atoms with E-state index < -0.39 is 5.95 Å². The van der Waals surface area contributed by atoms with E-state index in [0.717, 1.165) is 6.20 Å². The van der Waals surface area contributed by atoms with Crippen LogP contribution in [-0.2, 0) is 0 Å². The molecule has 0 saturated carbocycles. The van der Waals surface area contributed by atoms with Gasteiger partial charge in [-0.3, -0.25) is 0 Å². The van der Waals surface area contributed by atoms with Crippen LogP contribution in [0.2, 0.25) is 5.02 Å². The van der Waals surface area contributed by atoms with Gasteiger partial charge >= 0.3 is 0 Å². The Morgan fingerprint density at radius 2 is 2.08 bits per heavy atom. The molecule has 2 aromatic rings. The molecule has 0 fully saturated rings. The Morgan fingerprint density at radius 3 is 2.92 bits per heavy atom. The van der Waals surface area contributed by atoms with Gasteiger partial charge in [-0.05, 0) is 18.2 Å². The first-order chi connectivity index (χ1) is 5.75. The first-order valence-corrected chi connectivity index (χ1v) is 3.71. The van der Waals surface area contributed by atoms with Crippen molar-refractivity contribution in [1.29, 1.82) is 0 Å². The molecule has 0 saturated heterocycles. The topological polar surface area (TPSA) is 25.8 Å². The number of nitrogens with zero attached hydrogens (tertiary/aromatic N) is 2. The number of halogens is 2. The second kappa shape index (κ2) is 2.68. The SMILES string of the molecule is Fc1cnc2cc(Cl)ccc2n1. The fraction of sp³-hybridized carbons (Fsp3) is 0. The quantitative estimate of drug-likeness (QED) is 0.625. The first-order valence-electron chi connectivity index (χ1n) is 3.33. The molecule has 0 spiro atoms. The van der Waals surface area contributed by atoms with E-state index in [0.29, 0.717) is 16.1 Å². The molecule has 0 atom stereocenters. The molecule has 1 heterocycles. The van der Waals surface area contributed by atoms with Crippen LogP contribution in [0, 0.1) is 5.95 Å². The van der Waals surface area contributed by atoms with Crippen molar-refractivity contribution in [3.8, 4) is 0 Å². The molecule has 0 radical (unpaired) electrons. The fourth-order valence-electron chi connectivity index (χ4n) is 0.961. The summed E-state index contributed by atoms with van der Waals surface area (Å²) in [4.78, 5) is 7.45. The Bertz CT molecular complexity index is 389. The van der Waals surface area contributed by atoms with Gasteiger partial charge in [-0.25, -0.2) is 9.97 Å². The second-order valence-corrected chi connectivity index (χ2v) is 2.76. The number of fused-ring (bicyclic) bond motifs is 1. The molecule has 60 valence electrons. The smallest absolute Gasteiger partial charge is 0.231 e. The molecule has 4 heteroatoms. The number of benzene rings is 1. The largest absolute Gasteiger partial charge is 0.250 e. The predicted octanol–water partition coefficient (Wildman–Crippen LogP) is 2.42. The van der Waals surface area contributed by atoms with Crippen LogP contribution < -0.4 is 0 Å². The second-order valence-electron chi connectivity index (χ2n) is 2.33. The summed E-state index contributed by atoms with van der Waals surface area (Å²) < 4.78 is 12.5. The summed E-state index contributed by atoms with van der Waals surface area (Å²) in [5.74, 6) is -0.579. The van der Waals surface area contributed by atoms with Crippen molar-refractivity contribution in [2.45, 2.75) is 0 Å². The molecule has 0 aliphatic carbocycles. The number of rotatable bonds is 0. The molecule has 0 aliphatic rings. The zero-order valence-corrected chi connectivity index (χ0v) is 6.72. The minimum atomic E-state index is -0.579. The highest BCUT2D eigenvalue weighted by atomic mass is 35.5. The first kappa shape index (κ1) is 7.43. The van der Waals surface area contributed by atoms with Crippen LogP contribution in [-0.4, -0.2) is 9.97 Å². The van der Waals surface area contributed by atoms with Crippen molar-refractivity contribution in [3.05, 3.63) is 35.4 Å². The summed E-state index contributed by atoms with van der Waals surface area (Å²) in [5.41, 5.74) is 1.11. The molecular formula is C8H4ClFN2. The van der Waals surface area contributed by atoms with Gasteiger partial charge in [0.15, 0.2) is 0 Å². The van der Waals surface area contributed by atoms with Gasteiger partial charge in [0.2, 0.25) is 5.95 Å². The molecule has 0 aliphatic heterocycles. The Labute approximate surface area is 73.0 Å². The van der Waals surface area contributed by atoms with Crippen molar-refractivity contribution >= 4 is 22.6 Å². The van der Waals surface area contributed by atoms with Crippen LogP contribution in [0.5, 0.6) is 0 Å². The summed E-state index contributed by atoms with van der Waals surface area (Å²) >= 11 is 5.70. The van der Waals surface area contributed by atoms with Crippen molar-refractivity contribution < 1.29 is 4.39 Å². The molecule has 12 heavy (non-hydrogen) atoms. The van der Waals surface area contributed by atoms with E-state index in [2.05, 4.69) is 9.97 Å². The Balaban J connectivity index is 2.79. The summed E-state index contributed by atoms with van der Waals surface area (Å²) in [5, 5.41) is 0.573. The monoisotopic (exact) mass is 182 g/mol. The van der Waals surface area contributed by atoms with Gasteiger partial charge in [0.05, 0.1) is 17.2 Å². The lowest BCUT2D eigenvalue weighted by Crippen LogP contribution is -1.86. The van der Waals surface area contributed by atoms with Crippen LogP contribution in [0.4, 0.5) is 4.39 Å². The predicted molar refractivity (Wildman–Crippen MR) is 44.5 cm³/mol. The lowest BCUT2D eigenvalue weighted by atomic mass is 10.3. The van der Waals surface area contributed by atoms with Gasteiger partial charge in [-0.2, -0.15) is 4.39 Å². The minimum absolute atomic E-state index is 0.513. The highest BCUT2D eigenvalue weighted by molar-refractivity contribution is 6.31. The van der Waals surface area contributed by atoms with Crippen LogP contribution in [0.15, 0.2) is 24.4 Å². The summed E-state index contributed by atoms with van der Waals surface area (Å²) in [6.07, 6.45) is 1.07. The molecule has 2 rings (SSSR count). The Morgan fingerprint density at radius 1 is 1.25 bits per heavy atom. The lowest BCUT2D eigenvalue weighted by molar-refractivity contribution is 0.583. The van der Waals surface area contributed by atoms with E-state index in [1.807, 2.05) is 0 Å². The van der Waals surface area contributed by atoms with Gasteiger partial charge in [0, 0.05) is 5.02 Å². The molecule has 1 aromatic carbocycles. The van der Waals surface area contributed by atoms with Gasteiger partial charge < -0.3 is 0 Å². The van der Waals surface area contributed by atoms with Gasteiger partial charge in [0.25, 0.3) is 0 Å². The maximum Gasteiger partial charge on any atom is 0.231 e. The summed E-state index contributed by atoms with van der Waals surface area (Å²) in [6, 6.07) is 4.93. The summed E-state index contributed by atoms with van der Waals surface area (Å²) in [6.45, 7) is 0. The van der Waals surface area contributed by atoms with Crippen molar-refractivity contribution in [1.82, 2.24) is 9.97 Å². The molecular weight excluding hydrogens is 179 g/mol. The van der Waals surface area contributed by atoms with E-state index in [4.69, 9.17) is 11.6 Å². The molecule has 0 N–H and O–H groups in total. The van der Waals surface area contributed by atoms with E-state index >= 15 is 0 Å². The van der Waals surface area contributed by atoms with Crippen LogP contribution >= 0.6 is 11.6 Å². The van der Waals surface area contributed by atoms with Gasteiger partial charge in [0.1, 0.15) is 0 Å². The van der Waals surface area contributed by atoms with E-state index in [1.54, 1.807) is 18.2 Å².